The Kier molecular flexibility index (Phi) is 4.84. The highest BCUT2D eigenvalue weighted by atomic mass is 79.9. The molecule has 0 spiro atoms. The van der Waals surface area contributed by atoms with Gasteiger partial charge in [0.25, 0.3) is 0 Å². The van der Waals surface area contributed by atoms with Gasteiger partial charge in [0, 0.05) is 5.33 Å². The van der Waals surface area contributed by atoms with Crippen molar-refractivity contribution in [1.82, 2.24) is 0 Å². The minimum Gasteiger partial charge on any atom is -0.0925 e. The Hall–Kier alpha value is -0.560. The van der Waals surface area contributed by atoms with E-state index in [0.717, 1.165) is 18.2 Å². The predicted molar refractivity (Wildman–Crippen MR) is 62.4 cm³/mol. The van der Waals surface area contributed by atoms with Crippen molar-refractivity contribution in [2.45, 2.75) is 19.8 Å². The lowest BCUT2D eigenvalue weighted by Crippen LogP contribution is -1.80. The van der Waals surface area contributed by atoms with Gasteiger partial charge in [0.05, 0.1) is 0 Å². The molecule has 0 unspecified atom stereocenters. The van der Waals surface area contributed by atoms with E-state index in [1.54, 1.807) is 0 Å². The standard InChI is InChI=1S/C12H15Br/c1-11-6-8-12(9-7-11)5-3-2-4-10-13/h2-3,6-9H,4-5,10H2,1H3. The molecule has 0 saturated heterocycles. The minimum absolute atomic E-state index is 1.05. The van der Waals surface area contributed by atoms with Crippen LogP contribution >= 0.6 is 15.9 Å². The van der Waals surface area contributed by atoms with E-state index >= 15 is 0 Å². The van der Waals surface area contributed by atoms with Gasteiger partial charge in [0.15, 0.2) is 0 Å². The fraction of sp³-hybridized carbons (Fsp3) is 0.333. The van der Waals surface area contributed by atoms with Crippen molar-refractivity contribution in [1.29, 1.82) is 0 Å². The number of halogens is 1. The zero-order valence-corrected chi connectivity index (χ0v) is 9.55. The molecule has 0 nitrogen and oxygen atoms in total. The van der Waals surface area contributed by atoms with Crippen LogP contribution < -0.4 is 0 Å². The number of benzene rings is 1. The number of hydrogen-bond donors (Lipinski definition) is 0. The molecule has 0 aliphatic heterocycles. The molecule has 0 saturated carbocycles. The molecule has 0 radical (unpaired) electrons. The van der Waals surface area contributed by atoms with Gasteiger partial charge in [0.2, 0.25) is 0 Å². The fourth-order valence-corrected chi connectivity index (χ4v) is 1.39. The molecule has 1 heteroatoms. The second-order valence-electron chi connectivity index (χ2n) is 3.14. The molecular weight excluding hydrogens is 224 g/mol. The van der Waals surface area contributed by atoms with E-state index in [4.69, 9.17) is 0 Å². The van der Waals surface area contributed by atoms with Crippen molar-refractivity contribution in [2.75, 3.05) is 5.33 Å². The second kappa shape index (κ2) is 5.98. The average Bonchev–Trinajstić information content (AvgIpc) is 2.15. The third kappa shape index (κ3) is 4.28. The Bertz CT molecular complexity index is 259. The number of allylic oxidation sites excluding steroid dienone is 2. The van der Waals surface area contributed by atoms with Crippen molar-refractivity contribution in [3.8, 4) is 0 Å². The first-order chi connectivity index (χ1) is 6.33. The highest BCUT2D eigenvalue weighted by Crippen LogP contribution is 2.04. The fourth-order valence-electron chi connectivity index (χ4n) is 1.12. The molecule has 0 aromatic heterocycles. The Balaban J connectivity index is 2.41. The maximum atomic E-state index is 3.39. The summed E-state index contributed by atoms with van der Waals surface area (Å²) in [6.07, 6.45) is 6.61. The summed E-state index contributed by atoms with van der Waals surface area (Å²) in [7, 11) is 0. The van der Waals surface area contributed by atoms with E-state index in [-0.39, 0.29) is 0 Å². The van der Waals surface area contributed by atoms with Gasteiger partial charge in [-0.2, -0.15) is 0 Å². The second-order valence-corrected chi connectivity index (χ2v) is 3.93. The van der Waals surface area contributed by atoms with Gasteiger partial charge < -0.3 is 0 Å². The predicted octanol–water partition coefficient (Wildman–Crippen LogP) is 3.88. The topological polar surface area (TPSA) is 0 Å². The first kappa shape index (κ1) is 10.5. The van der Waals surface area contributed by atoms with Crippen LogP contribution in [-0.2, 0) is 6.42 Å². The van der Waals surface area contributed by atoms with Crippen LogP contribution in [0.4, 0.5) is 0 Å². The summed E-state index contributed by atoms with van der Waals surface area (Å²) in [5, 5.41) is 1.05. The Morgan fingerprint density at radius 2 is 1.85 bits per heavy atom. The molecule has 0 aliphatic carbocycles. The molecule has 1 aromatic rings. The van der Waals surface area contributed by atoms with Gasteiger partial charge in [-0.15, -0.1) is 0 Å². The minimum atomic E-state index is 1.05. The quantitative estimate of drug-likeness (QED) is 0.552. The van der Waals surface area contributed by atoms with E-state index in [1.165, 1.54) is 11.1 Å². The highest BCUT2D eigenvalue weighted by molar-refractivity contribution is 9.09. The number of aryl methyl sites for hydroxylation is 1. The summed E-state index contributed by atoms with van der Waals surface area (Å²) in [6.45, 7) is 2.12. The van der Waals surface area contributed by atoms with Gasteiger partial charge in [-0.1, -0.05) is 57.9 Å². The summed E-state index contributed by atoms with van der Waals surface area (Å²) >= 11 is 3.39. The summed E-state index contributed by atoms with van der Waals surface area (Å²) in [5.74, 6) is 0. The zero-order valence-electron chi connectivity index (χ0n) is 7.96. The largest absolute Gasteiger partial charge is 0.0925 e. The molecule has 0 bridgehead atoms. The van der Waals surface area contributed by atoms with E-state index < -0.39 is 0 Å². The van der Waals surface area contributed by atoms with Gasteiger partial charge >= 0.3 is 0 Å². The van der Waals surface area contributed by atoms with E-state index in [9.17, 15) is 0 Å². The van der Waals surface area contributed by atoms with Crippen LogP contribution in [0.25, 0.3) is 0 Å². The molecule has 0 fully saturated rings. The van der Waals surface area contributed by atoms with Crippen LogP contribution in [0.1, 0.15) is 17.5 Å². The van der Waals surface area contributed by atoms with Gasteiger partial charge in [-0.3, -0.25) is 0 Å². The lowest BCUT2D eigenvalue weighted by atomic mass is 10.1. The van der Waals surface area contributed by atoms with Crippen molar-refractivity contribution >= 4 is 15.9 Å². The monoisotopic (exact) mass is 238 g/mol. The molecule has 0 N–H and O–H groups in total. The van der Waals surface area contributed by atoms with E-state index in [0.29, 0.717) is 0 Å². The van der Waals surface area contributed by atoms with Gasteiger partial charge in [0.1, 0.15) is 0 Å². The lowest BCUT2D eigenvalue weighted by molar-refractivity contribution is 1.19. The molecule has 0 amide bonds. The third-order valence-corrected chi connectivity index (χ3v) is 2.37. The highest BCUT2D eigenvalue weighted by Gasteiger charge is 1.87. The Morgan fingerprint density at radius 3 is 2.46 bits per heavy atom. The SMILES string of the molecule is Cc1ccc(CC=CCCBr)cc1. The number of rotatable bonds is 4. The smallest absolute Gasteiger partial charge is 0.00659 e. The Labute approximate surface area is 88.8 Å². The van der Waals surface area contributed by atoms with E-state index in [2.05, 4.69) is 59.3 Å². The lowest BCUT2D eigenvalue weighted by Gasteiger charge is -1.96. The molecule has 1 aromatic carbocycles. The van der Waals surface area contributed by atoms with Gasteiger partial charge in [-0.25, -0.2) is 0 Å². The molecule has 0 heterocycles. The van der Waals surface area contributed by atoms with Crippen LogP contribution in [-0.4, -0.2) is 5.33 Å². The summed E-state index contributed by atoms with van der Waals surface area (Å²) in [5.41, 5.74) is 2.71. The Morgan fingerprint density at radius 1 is 1.15 bits per heavy atom. The molecule has 0 aliphatic rings. The summed E-state index contributed by atoms with van der Waals surface area (Å²) < 4.78 is 0. The first-order valence-electron chi connectivity index (χ1n) is 4.59. The van der Waals surface area contributed by atoms with Crippen molar-refractivity contribution < 1.29 is 0 Å². The molecule has 1 rings (SSSR count). The van der Waals surface area contributed by atoms with Crippen molar-refractivity contribution in [3.63, 3.8) is 0 Å². The van der Waals surface area contributed by atoms with Crippen LogP contribution in [0.5, 0.6) is 0 Å². The maximum Gasteiger partial charge on any atom is 0.00659 e. The molecule has 13 heavy (non-hydrogen) atoms. The van der Waals surface area contributed by atoms with Crippen molar-refractivity contribution in [2.24, 2.45) is 0 Å². The van der Waals surface area contributed by atoms with Crippen molar-refractivity contribution in [3.05, 3.63) is 47.5 Å². The summed E-state index contributed by atoms with van der Waals surface area (Å²) in [4.78, 5) is 0. The van der Waals surface area contributed by atoms with Crippen LogP contribution in [0, 0.1) is 6.92 Å². The normalized spacial score (nSPS) is 10.9. The molecule has 0 atom stereocenters. The van der Waals surface area contributed by atoms with Crippen LogP contribution in [0.3, 0.4) is 0 Å². The maximum absolute atomic E-state index is 3.39. The van der Waals surface area contributed by atoms with Crippen LogP contribution in [0.2, 0.25) is 0 Å². The van der Waals surface area contributed by atoms with E-state index in [1.807, 2.05) is 0 Å². The van der Waals surface area contributed by atoms with Crippen LogP contribution in [0.15, 0.2) is 36.4 Å². The molecular formula is C12H15Br. The number of hydrogen-bond acceptors (Lipinski definition) is 0. The first-order valence-corrected chi connectivity index (χ1v) is 5.71. The molecule has 70 valence electrons. The third-order valence-electron chi connectivity index (χ3n) is 1.92. The summed E-state index contributed by atoms with van der Waals surface area (Å²) in [6, 6.07) is 8.70. The zero-order chi connectivity index (χ0) is 9.52. The van der Waals surface area contributed by atoms with Gasteiger partial charge in [-0.05, 0) is 25.3 Å². The number of alkyl halides is 1. The average molecular weight is 239 g/mol.